The Morgan fingerprint density at radius 1 is 1.33 bits per heavy atom. The normalized spacial score (nSPS) is 17.3. The molecule has 3 heterocycles. The van der Waals surface area contributed by atoms with Crippen LogP contribution < -0.4 is 5.32 Å². The zero-order chi connectivity index (χ0) is 12.2. The van der Waals surface area contributed by atoms with Crippen molar-refractivity contribution in [1.29, 1.82) is 0 Å². The molecule has 0 saturated carbocycles. The van der Waals surface area contributed by atoms with Crippen molar-refractivity contribution in [2.75, 3.05) is 19.7 Å². The van der Waals surface area contributed by atoms with Crippen molar-refractivity contribution in [3.63, 3.8) is 0 Å². The van der Waals surface area contributed by atoms with Crippen molar-refractivity contribution in [3.05, 3.63) is 24.3 Å². The van der Waals surface area contributed by atoms with E-state index in [1.165, 1.54) is 0 Å². The van der Waals surface area contributed by atoms with Crippen molar-refractivity contribution < 1.29 is 4.74 Å². The molecule has 0 radical (unpaired) electrons. The van der Waals surface area contributed by atoms with E-state index >= 15 is 0 Å². The first-order valence-corrected chi connectivity index (χ1v) is 6.40. The molecule has 0 bridgehead atoms. The predicted octanol–water partition coefficient (Wildman–Crippen LogP) is 0.435. The van der Waals surface area contributed by atoms with Crippen LogP contribution in [0.1, 0.15) is 18.7 Å². The minimum Gasteiger partial charge on any atom is -0.378 e. The number of hydrogen-bond donors (Lipinski definition) is 1. The average molecular weight is 247 g/mol. The van der Waals surface area contributed by atoms with Crippen molar-refractivity contribution in [2.24, 2.45) is 0 Å². The Morgan fingerprint density at radius 3 is 3.11 bits per heavy atom. The van der Waals surface area contributed by atoms with E-state index in [0.717, 1.165) is 38.2 Å². The van der Waals surface area contributed by atoms with Gasteiger partial charge in [-0.2, -0.15) is 0 Å². The lowest BCUT2D eigenvalue weighted by molar-refractivity contribution is 0.0341. The smallest absolute Gasteiger partial charge is 0.254 e. The molecule has 2 aromatic heterocycles. The maximum Gasteiger partial charge on any atom is 0.254 e. The lowest BCUT2D eigenvalue weighted by Gasteiger charge is -2.22. The van der Waals surface area contributed by atoms with Crippen LogP contribution in [0.15, 0.2) is 18.5 Å². The summed E-state index contributed by atoms with van der Waals surface area (Å²) in [6, 6.07) is 1.88. The van der Waals surface area contributed by atoms with Gasteiger partial charge in [-0.1, -0.05) is 0 Å². The van der Waals surface area contributed by atoms with Crippen LogP contribution in [0.25, 0.3) is 5.78 Å². The Morgan fingerprint density at radius 2 is 2.22 bits per heavy atom. The van der Waals surface area contributed by atoms with Gasteiger partial charge in [0.1, 0.15) is 5.82 Å². The van der Waals surface area contributed by atoms with E-state index in [9.17, 15) is 0 Å². The number of piperidine rings is 1. The van der Waals surface area contributed by atoms with Gasteiger partial charge in [0.05, 0.1) is 12.7 Å². The first kappa shape index (κ1) is 11.6. The van der Waals surface area contributed by atoms with E-state index < -0.39 is 0 Å². The zero-order valence-electron chi connectivity index (χ0n) is 10.2. The topological polar surface area (TPSA) is 64.3 Å². The zero-order valence-corrected chi connectivity index (χ0v) is 10.2. The monoisotopic (exact) mass is 247 g/mol. The third-order valence-corrected chi connectivity index (χ3v) is 3.23. The standard InChI is InChI=1S/C12H17N5O/c1-5-14-12-16-15-11(17(12)8-1)4-9-18-10-2-6-13-7-3-10/h1,5,8,10,13H,2-4,6-7,9H2. The third-order valence-electron chi connectivity index (χ3n) is 3.23. The molecule has 0 atom stereocenters. The average Bonchev–Trinajstić information content (AvgIpc) is 2.84. The minimum atomic E-state index is 0.392. The second kappa shape index (κ2) is 5.41. The molecule has 0 aromatic carbocycles. The molecular formula is C12H17N5O. The lowest BCUT2D eigenvalue weighted by atomic mass is 10.1. The summed E-state index contributed by atoms with van der Waals surface area (Å²) < 4.78 is 7.77. The molecule has 1 aliphatic heterocycles. The summed E-state index contributed by atoms with van der Waals surface area (Å²) >= 11 is 0. The minimum absolute atomic E-state index is 0.392. The second-order valence-electron chi connectivity index (χ2n) is 4.48. The lowest BCUT2D eigenvalue weighted by Crippen LogP contribution is -2.32. The highest BCUT2D eigenvalue weighted by molar-refractivity contribution is 5.26. The van der Waals surface area contributed by atoms with E-state index in [1.807, 2.05) is 16.7 Å². The van der Waals surface area contributed by atoms with E-state index in [4.69, 9.17) is 4.74 Å². The Labute approximate surface area is 105 Å². The molecule has 6 heteroatoms. The number of fused-ring (bicyclic) bond motifs is 1. The van der Waals surface area contributed by atoms with E-state index in [0.29, 0.717) is 18.5 Å². The van der Waals surface area contributed by atoms with Crippen LogP contribution in [-0.4, -0.2) is 45.4 Å². The van der Waals surface area contributed by atoms with Gasteiger partial charge in [-0.25, -0.2) is 4.98 Å². The molecular weight excluding hydrogens is 230 g/mol. The SMILES string of the molecule is c1cnc2nnc(CCOC3CCNCC3)n2c1. The van der Waals surface area contributed by atoms with Gasteiger partial charge in [0.2, 0.25) is 0 Å². The molecule has 1 fully saturated rings. The highest BCUT2D eigenvalue weighted by atomic mass is 16.5. The van der Waals surface area contributed by atoms with Crippen molar-refractivity contribution >= 4 is 5.78 Å². The molecule has 1 aliphatic rings. The van der Waals surface area contributed by atoms with Gasteiger partial charge >= 0.3 is 0 Å². The fourth-order valence-corrected chi connectivity index (χ4v) is 2.24. The number of hydrogen-bond acceptors (Lipinski definition) is 5. The molecule has 6 nitrogen and oxygen atoms in total. The highest BCUT2D eigenvalue weighted by Crippen LogP contribution is 2.08. The summed E-state index contributed by atoms with van der Waals surface area (Å²) in [6.45, 7) is 2.81. The number of aromatic nitrogens is 4. The van der Waals surface area contributed by atoms with Gasteiger partial charge in [-0.05, 0) is 32.0 Å². The Bertz CT molecular complexity index is 506. The third kappa shape index (κ3) is 2.49. The molecule has 0 amide bonds. The summed E-state index contributed by atoms with van der Waals surface area (Å²) in [5.74, 6) is 1.56. The highest BCUT2D eigenvalue weighted by Gasteiger charge is 2.13. The van der Waals surface area contributed by atoms with Crippen LogP contribution in [0.5, 0.6) is 0 Å². The molecule has 2 aromatic rings. The Kier molecular flexibility index (Phi) is 3.47. The molecule has 0 spiro atoms. The molecule has 18 heavy (non-hydrogen) atoms. The van der Waals surface area contributed by atoms with Crippen molar-refractivity contribution in [1.82, 2.24) is 24.9 Å². The van der Waals surface area contributed by atoms with E-state index in [1.54, 1.807) is 6.20 Å². The number of nitrogens with zero attached hydrogens (tertiary/aromatic N) is 4. The van der Waals surface area contributed by atoms with Gasteiger partial charge < -0.3 is 10.1 Å². The van der Waals surface area contributed by atoms with Crippen molar-refractivity contribution in [3.8, 4) is 0 Å². The molecule has 1 saturated heterocycles. The summed E-state index contributed by atoms with van der Waals surface area (Å²) in [7, 11) is 0. The summed E-state index contributed by atoms with van der Waals surface area (Å²) in [5.41, 5.74) is 0. The fourth-order valence-electron chi connectivity index (χ4n) is 2.24. The van der Waals surface area contributed by atoms with Gasteiger partial charge in [0.25, 0.3) is 5.78 Å². The summed E-state index contributed by atoms with van der Waals surface area (Å²) in [6.07, 6.45) is 7.02. The fraction of sp³-hybridized carbons (Fsp3) is 0.583. The van der Waals surface area contributed by atoms with Gasteiger partial charge in [0, 0.05) is 18.8 Å². The first-order chi connectivity index (χ1) is 8.93. The van der Waals surface area contributed by atoms with Crippen LogP contribution in [0, 0.1) is 0 Å². The molecule has 96 valence electrons. The summed E-state index contributed by atoms with van der Waals surface area (Å²) in [5, 5.41) is 11.5. The quantitative estimate of drug-likeness (QED) is 0.849. The Balaban J connectivity index is 1.56. The van der Waals surface area contributed by atoms with Crippen LogP contribution in [0.2, 0.25) is 0 Å². The van der Waals surface area contributed by atoms with Crippen molar-refractivity contribution in [2.45, 2.75) is 25.4 Å². The summed E-state index contributed by atoms with van der Waals surface area (Å²) in [4.78, 5) is 4.14. The maximum atomic E-state index is 5.86. The molecule has 0 unspecified atom stereocenters. The largest absolute Gasteiger partial charge is 0.378 e. The number of nitrogens with one attached hydrogen (secondary N) is 1. The first-order valence-electron chi connectivity index (χ1n) is 6.40. The molecule has 1 N–H and O–H groups in total. The second-order valence-corrected chi connectivity index (χ2v) is 4.48. The van der Waals surface area contributed by atoms with E-state index in [-0.39, 0.29) is 0 Å². The van der Waals surface area contributed by atoms with E-state index in [2.05, 4.69) is 20.5 Å². The van der Waals surface area contributed by atoms with Crippen LogP contribution >= 0.6 is 0 Å². The van der Waals surface area contributed by atoms with Gasteiger partial charge in [-0.3, -0.25) is 4.40 Å². The van der Waals surface area contributed by atoms with Crippen LogP contribution in [0.4, 0.5) is 0 Å². The molecule has 0 aliphatic carbocycles. The maximum absolute atomic E-state index is 5.86. The van der Waals surface area contributed by atoms with Gasteiger partial charge in [-0.15, -0.1) is 10.2 Å². The number of rotatable bonds is 4. The number of ether oxygens (including phenoxy) is 1. The van der Waals surface area contributed by atoms with Crippen LogP contribution in [-0.2, 0) is 11.2 Å². The van der Waals surface area contributed by atoms with Gasteiger partial charge in [0.15, 0.2) is 0 Å². The predicted molar refractivity (Wildman–Crippen MR) is 66.3 cm³/mol. The molecule has 3 rings (SSSR count). The van der Waals surface area contributed by atoms with Crippen LogP contribution in [0.3, 0.4) is 0 Å². The Hall–Kier alpha value is -1.53.